The summed E-state index contributed by atoms with van der Waals surface area (Å²) in [7, 11) is 1.97. The van der Waals surface area contributed by atoms with Crippen molar-refractivity contribution in [3.05, 3.63) is 48.2 Å². The Kier molecular flexibility index (Phi) is 5.62. The first-order valence-electron chi connectivity index (χ1n) is 10.5. The van der Waals surface area contributed by atoms with Crippen LogP contribution in [0.5, 0.6) is 0 Å². The van der Waals surface area contributed by atoms with E-state index >= 15 is 0 Å². The van der Waals surface area contributed by atoms with Gasteiger partial charge >= 0.3 is 0 Å². The summed E-state index contributed by atoms with van der Waals surface area (Å²) in [6.45, 7) is 6.70. The Balaban J connectivity index is 1.79. The lowest BCUT2D eigenvalue weighted by Gasteiger charge is -2.33. The third-order valence-corrected chi connectivity index (χ3v) is 5.65. The van der Waals surface area contributed by atoms with E-state index in [1.807, 2.05) is 53.0 Å². The number of likely N-dealkylation sites (tertiary alicyclic amines) is 1. The maximum absolute atomic E-state index is 13.6. The predicted octanol–water partition coefficient (Wildman–Crippen LogP) is 3.75. The Hall–Kier alpha value is -2.73. The Morgan fingerprint density at radius 3 is 2.79 bits per heavy atom. The zero-order valence-electron chi connectivity index (χ0n) is 17.4. The van der Waals surface area contributed by atoms with E-state index in [1.165, 1.54) is 0 Å². The van der Waals surface area contributed by atoms with Crippen LogP contribution in [0.25, 0.3) is 22.3 Å². The summed E-state index contributed by atoms with van der Waals surface area (Å²) in [5.41, 5.74) is 3.29. The van der Waals surface area contributed by atoms with Gasteiger partial charge in [-0.15, -0.1) is 0 Å². The topological polar surface area (TPSA) is 63.1 Å². The van der Waals surface area contributed by atoms with Gasteiger partial charge in [0.15, 0.2) is 5.65 Å². The number of pyridine rings is 1. The van der Waals surface area contributed by atoms with Gasteiger partial charge in [0.05, 0.1) is 22.8 Å². The van der Waals surface area contributed by atoms with Crippen molar-refractivity contribution in [3.63, 3.8) is 0 Å². The largest absolute Gasteiger partial charge is 0.338 e. The molecule has 0 radical (unpaired) electrons. The molecule has 1 aliphatic rings. The lowest BCUT2D eigenvalue weighted by atomic mass is 9.97. The third kappa shape index (κ3) is 3.90. The van der Waals surface area contributed by atoms with Gasteiger partial charge in [0, 0.05) is 24.7 Å². The molecule has 0 saturated carbocycles. The predicted molar refractivity (Wildman–Crippen MR) is 116 cm³/mol. The zero-order valence-corrected chi connectivity index (χ0v) is 17.4. The number of hydrogen-bond acceptors (Lipinski definition) is 4. The molecule has 0 bridgehead atoms. The van der Waals surface area contributed by atoms with Crippen LogP contribution >= 0.6 is 0 Å². The summed E-state index contributed by atoms with van der Waals surface area (Å²) in [6, 6.07) is 12.1. The van der Waals surface area contributed by atoms with Gasteiger partial charge in [0.1, 0.15) is 0 Å². The number of piperidine rings is 1. The molecule has 0 spiro atoms. The van der Waals surface area contributed by atoms with Crippen LogP contribution in [0.3, 0.4) is 0 Å². The number of hydrogen-bond donors (Lipinski definition) is 1. The van der Waals surface area contributed by atoms with E-state index < -0.39 is 0 Å². The molecule has 4 rings (SSSR count). The minimum Gasteiger partial charge on any atom is -0.338 e. The van der Waals surface area contributed by atoms with Crippen molar-refractivity contribution in [3.8, 4) is 11.3 Å². The lowest BCUT2D eigenvalue weighted by molar-refractivity contribution is 0.0676. The number of carbonyl (C=O) groups excluding carboxylic acids is 1. The highest BCUT2D eigenvalue weighted by atomic mass is 16.2. The third-order valence-electron chi connectivity index (χ3n) is 5.65. The number of rotatable bonds is 5. The van der Waals surface area contributed by atoms with Crippen LogP contribution < -0.4 is 5.32 Å². The Labute approximate surface area is 171 Å². The maximum Gasteiger partial charge on any atom is 0.254 e. The molecule has 1 atom stereocenters. The number of carbonyl (C=O) groups is 1. The number of nitrogens with one attached hydrogen (secondary N) is 1. The highest BCUT2D eigenvalue weighted by Gasteiger charge is 2.27. The van der Waals surface area contributed by atoms with E-state index in [2.05, 4.69) is 24.3 Å². The van der Waals surface area contributed by atoms with Gasteiger partial charge in [0.2, 0.25) is 0 Å². The van der Waals surface area contributed by atoms with Crippen LogP contribution in [0.1, 0.15) is 43.1 Å². The summed E-state index contributed by atoms with van der Waals surface area (Å²) in [5.74, 6) is 0.584. The molecule has 1 amide bonds. The highest BCUT2D eigenvalue weighted by molar-refractivity contribution is 6.06. The van der Waals surface area contributed by atoms with Crippen molar-refractivity contribution in [1.82, 2.24) is 25.0 Å². The molecule has 2 aromatic heterocycles. The van der Waals surface area contributed by atoms with E-state index in [1.54, 1.807) is 6.20 Å². The second-order valence-corrected chi connectivity index (χ2v) is 8.16. The lowest BCUT2D eigenvalue weighted by Crippen LogP contribution is -2.42. The van der Waals surface area contributed by atoms with Crippen LogP contribution in [0.15, 0.2) is 42.6 Å². The average Bonchev–Trinajstić information content (AvgIpc) is 3.18. The molecule has 6 heteroatoms. The number of fused-ring (bicyclic) bond motifs is 1. The molecule has 3 aromatic rings. The van der Waals surface area contributed by atoms with Crippen molar-refractivity contribution in [2.45, 2.75) is 32.7 Å². The molecule has 1 aliphatic heterocycles. The Morgan fingerprint density at radius 1 is 1.28 bits per heavy atom. The summed E-state index contributed by atoms with van der Waals surface area (Å²) < 4.78 is 1.90. The van der Waals surface area contributed by atoms with E-state index in [4.69, 9.17) is 4.98 Å². The number of benzene rings is 1. The fourth-order valence-electron chi connectivity index (χ4n) is 4.20. The van der Waals surface area contributed by atoms with Gasteiger partial charge in [-0.1, -0.05) is 30.3 Å². The second-order valence-electron chi connectivity index (χ2n) is 8.16. The van der Waals surface area contributed by atoms with Gasteiger partial charge in [-0.05, 0) is 52.3 Å². The van der Waals surface area contributed by atoms with Crippen LogP contribution in [0.2, 0.25) is 0 Å². The number of nitrogens with zero attached hydrogens (tertiary/aromatic N) is 4. The Morgan fingerprint density at radius 2 is 2.07 bits per heavy atom. The van der Waals surface area contributed by atoms with Crippen molar-refractivity contribution < 1.29 is 4.79 Å². The highest BCUT2D eigenvalue weighted by Crippen LogP contribution is 2.28. The van der Waals surface area contributed by atoms with E-state index in [-0.39, 0.29) is 11.9 Å². The first-order valence-corrected chi connectivity index (χ1v) is 10.5. The number of amides is 1. The summed E-state index contributed by atoms with van der Waals surface area (Å²) in [6.07, 6.45) is 4.00. The normalized spacial score (nSPS) is 17.2. The molecule has 1 saturated heterocycles. The average molecular weight is 392 g/mol. The second kappa shape index (κ2) is 8.33. The first kappa shape index (κ1) is 19.6. The summed E-state index contributed by atoms with van der Waals surface area (Å²) in [5, 5.41) is 8.62. The van der Waals surface area contributed by atoms with Crippen LogP contribution in [-0.4, -0.2) is 52.3 Å². The minimum atomic E-state index is 0.0821. The molecule has 3 heterocycles. The van der Waals surface area contributed by atoms with Crippen molar-refractivity contribution >= 4 is 16.9 Å². The zero-order chi connectivity index (χ0) is 20.4. The molecule has 152 valence electrons. The molecule has 1 unspecified atom stereocenters. The summed E-state index contributed by atoms with van der Waals surface area (Å²) >= 11 is 0. The van der Waals surface area contributed by atoms with Gasteiger partial charge in [-0.2, -0.15) is 5.10 Å². The van der Waals surface area contributed by atoms with E-state index in [9.17, 15) is 4.79 Å². The van der Waals surface area contributed by atoms with Crippen molar-refractivity contribution in [2.75, 3.05) is 26.7 Å². The van der Waals surface area contributed by atoms with Crippen LogP contribution in [0, 0.1) is 5.92 Å². The minimum absolute atomic E-state index is 0.0821. The van der Waals surface area contributed by atoms with E-state index in [0.717, 1.165) is 54.8 Å². The smallest absolute Gasteiger partial charge is 0.254 e. The molecule has 0 aliphatic carbocycles. The fourth-order valence-corrected chi connectivity index (χ4v) is 4.20. The molecule has 1 fully saturated rings. The first-order chi connectivity index (χ1) is 14.1. The van der Waals surface area contributed by atoms with Gasteiger partial charge in [0.25, 0.3) is 5.91 Å². The fraction of sp³-hybridized carbons (Fsp3) is 0.435. The van der Waals surface area contributed by atoms with Crippen LogP contribution in [0.4, 0.5) is 0 Å². The number of aromatic nitrogens is 3. The van der Waals surface area contributed by atoms with Gasteiger partial charge in [-0.3, -0.25) is 4.79 Å². The quantitative estimate of drug-likeness (QED) is 0.719. The standard InChI is InChI=1S/C23H29N5O/c1-16(2)28-22-20(14-25-28)19(12-21(26-22)18-9-5-4-6-10-18)23(29)27-11-7-8-17(15-27)13-24-3/h4-6,9-10,12,14,16-17,24H,7-8,11,13,15H2,1-3H3. The molecule has 6 nitrogen and oxygen atoms in total. The van der Waals surface area contributed by atoms with E-state index in [0.29, 0.717) is 11.5 Å². The monoisotopic (exact) mass is 391 g/mol. The maximum atomic E-state index is 13.6. The molecule has 1 N–H and O–H groups in total. The van der Waals surface area contributed by atoms with Crippen LogP contribution in [-0.2, 0) is 0 Å². The molecule has 29 heavy (non-hydrogen) atoms. The molecular weight excluding hydrogens is 362 g/mol. The van der Waals surface area contributed by atoms with Gasteiger partial charge in [-0.25, -0.2) is 9.67 Å². The van der Waals surface area contributed by atoms with Crippen molar-refractivity contribution in [1.29, 1.82) is 0 Å². The summed E-state index contributed by atoms with van der Waals surface area (Å²) in [4.78, 5) is 20.4. The van der Waals surface area contributed by atoms with Crippen molar-refractivity contribution in [2.24, 2.45) is 5.92 Å². The molecule has 1 aromatic carbocycles. The SMILES string of the molecule is CNCC1CCCN(C(=O)c2cc(-c3ccccc3)nc3c2cnn3C(C)C)C1. The Bertz CT molecular complexity index is 993. The van der Waals surface area contributed by atoms with Gasteiger partial charge < -0.3 is 10.2 Å². The molecular formula is C23H29N5O.